The third kappa shape index (κ3) is 3.25. The number of rotatable bonds is 4. The second kappa shape index (κ2) is 7.43. The summed E-state index contributed by atoms with van der Waals surface area (Å²) in [7, 11) is 3.67. The number of piperidine rings is 1. The fourth-order valence-electron chi connectivity index (χ4n) is 5.24. The predicted octanol–water partition coefficient (Wildman–Crippen LogP) is 3.19. The molecule has 0 N–H and O–H groups in total. The van der Waals surface area contributed by atoms with Crippen molar-refractivity contribution in [3.8, 4) is 17.1 Å². The van der Waals surface area contributed by atoms with Gasteiger partial charge in [-0.2, -0.15) is 0 Å². The molecule has 3 aromatic rings. The van der Waals surface area contributed by atoms with Crippen molar-refractivity contribution in [3.05, 3.63) is 69.9 Å². The number of benzene rings is 1. The van der Waals surface area contributed by atoms with Crippen molar-refractivity contribution in [1.82, 2.24) is 19.0 Å². The molecule has 0 amide bonds. The van der Waals surface area contributed by atoms with E-state index in [4.69, 9.17) is 4.74 Å². The molecule has 156 valence electrons. The molecular formula is C24H28N4O2. The van der Waals surface area contributed by atoms with Crippen LogP contribution in [-0.2, 0) is 20.1 Å². The summed E-state index contributed by atoms with van der Waals surface area (Å²) in [6, 6.07) is 10.5. The molecule has 6 heteroatoms. The highest BCUT2D eigenvalue weighted by atomic mass is 16.5. The maximum absolute atomic E-state index is 13.3. The molecule has 2 bridgehead atoms. The van der Waals surface area contributed by atoms with Gasteiger partial charge >= 0.3 is 0 Å². The average molecular weight is 405 g/mol. The summed E-state index contributed by atoms with van der Waals surface area (Å²) < 4.78 is 9.50. The quantitative estimate of drug-likeness (QED) is 0.670. The molecule has 0 spiro atoms. The second-order valence-corrected chi connectivity index (χ2v) is 8.76. The van der Waals surface area contributed by atoms with Gasteiger partial charge in [-0.05, 0) is 37.5 Å². The van der Waals surface area contributed by atoms with E-state index in [9.17, 15) is 4.79 Å². The molecule has 0 radical (unpaired) electrons. The van der Waals surface area contributed by atoms with Gasteiger partial charge in [0.1, 0.15) is 11.6 Å². The Morgan fingerprint density at radius 2 is 2.03 bits per heavy atom. The maximum atomic E-state index is 13.3. The van der Waals surface area contributed by atoms with Crippen LogP contribution in [-0.4, -0.2) is 39.2 Å². The van der Waals surface area contributed by atoms with Crippen LogP contribution in [0.1, 0.15) is 29.2 Å². The third-order valence-electron chi connectivity index (χ3n) is 6.57. The van der Waals surface area contributed by atoms with Crippen LogP contribution in [0.3, 0.4) is 0 Å². The summed E-state index contributed by atoms with van der Waals surface area (Å²) in [6.45, 7) is 5.76. The number of pyridine rings is 1. The molecular weight excluding hydrogens is 376 g/mol. The Hall–Kier alpha value is -2.86. The first kappa shape index (κ1) is 19.1. The smallest absolute Gasteiger partial charge is 0.261 e. The molecule has 2 aliphatic rings. The fraction of sp³-hybridized carbons (Fsp3) is 0.417. The molecule has 6 nitrogen and oxygen atoms in total. The summed E-state index contributed by atoms with van der Waals surface area (Å²) >= 11 is 0. The molecule has 5 rings (SSSR count). The topological polar surface area (TPSA) is 52.3 Å². The third-order valence-corrected chi connectivity index (χ3v) is 6.57. The Balaban J connectivity index is 1.43. The van der Waals surface area contributed by atoms with Crippen molar-refractivity contribution in [3.63, 3.8) is 0 Å². The molecule has 0 aliphatic carbocycles. The first-order valence-electron chi connectivity index (χ1n) is 10.6. The molecule has 2 aliphatic heterocycles. The lowest BCUT2D eigenvalue weighted by atomic mass is 9.82. The van der Waals surface area contributed by atoms with E-state index in [0.717, 1.165) is 49.9 Å². The number of fused-ring (bicyclic) bond motifs is 4. The molecule has 2 atom stereocenters. The van der Waals surface area contributed by atoms with Gasteiger partial charge in [-0.1, -0.05) is 17.7 Å². The van der Waals surface area contributed by atoms with Gasteiger partial charge in [0.25, 0.3) is 5.56 Å². The molecule has 0 unspecified atom stereocenters. The number of methoxy groups -OCH3 is 1. The number of nitrogens with zero attached hydrogens (tertiary/aromatic N) is 4. The van der Waals surface area contributed by atoms with Crippen LogP contribution < -0.4 is 10.3 Å². The highest BCUT2D eigenvalue weighted by molar-refractivity contribution is 5.54. The van der Waals surface area contributed by atoms with Crippen LogP contribution in [0.5, 0.6) is 5.75 Å². The van der Waals surface area contributed by atoms with Gasteiger partial charge in [0.05, 0.1) is 12.7 Å². The van der Waals surface area contributed by atoms with Crippen LogP contribution in [0.15, 0.2) is 47.5 Å². The monoisotopic (exact) mass is 404 g/mol. The zero-order chi connectivity index (χ0) is 20.8. The first-order valence-corrected chi connectivity index (χ1v) is 10.6. The van der Waals surface area contributed by atoms with Crippen molar-refractivity contribution in [2.24, 2.45) is 13.0 Å². The van der Waals surface area contributed by atoms with Gasteiger partial charge in [0.2, 0.25) is 0 Å². The van der Waals surface area contributed by atoms with Crippen molar-refractivity contribution in [2.45, 2.75) is 32.4 Å². The van der Waals surface area contributed by atoms with Crippen LogP contribution in [0.4, 0.5) is 0 Å². The maximum Gasteiger partial charge on any atom is 0.261 e. The Morgan fingerprint density at radius 3 is 2.80 bits per heavy atom. The Bertz CT molecular complexity index is 1150. The van der Waals surface area contributed by atoms with E-state index in [1.165, 1.54) is 11.1 Å². The van der Waals surface area contributed by atoms with Crippen LogP contribution >= 0.6 is 0 Å². The minimum Gasteiger partial charge on any atom is -0.496 e. The zero-order valence-corrected chi connectivity index (χ0v) is 17.8. The van der Waals surface area contributed by atoms with Crippen molar-refractivity contribution in [1.29, 1.82) is 0 Å². The zero-order valence-electron chi connectivity index (χ0n) is 17.8. The first-order chi connectivity index (χ1) is 14.5. The summed E-state index contributed by atoms with van der Waals surface area (Å²) in [4.78, 5) is 20.2. The predicted molar refractivity (Wildman–Crippen MR) is 117 cm³/mol. The van der Waals surface area contributed by atoms with Gasteiger partial charge in [-0.25, -0.2) is 4.98 Å². The van der Waals surface area contributed by atoms with Gasteiger partial charge in [0, 0.05) is 62.8 Å². The van der Waals surface area contributed by atoms with Crippen LogP contribution in [0, 0.1) is 12.8 Å². The standard InChI is InChI=1S/C24H28N4O2/c1-16-4-7-22(30-3)19(10-16)15-27-12-17-11-18(14-27)21-6-5-20(24(29)28(21)13-17)23-25-8-9-26(23)2/h4-10,17-18H,11-15H2,1-3H3/t17-,18+/m0/s1. The number of hydrogen-bond donors (Lipinski definition) is 0. The summed E-state index contributed by atoms with van der Waals surface area (Å²) in [5.41, 5.74) is 4.43. The number of aromatic nitrogens is 3. The van der Waals surface area contributed by atoms with E-state index in [-0.39, 0.29) is 5.56 Å². The van der Waals surface area contributed by atoms with E-state index in [0.29, 0.717) is 17.4 Å². The van der Waals surface area contributed by atoms with Crippen molar-refractivity contribution in [2.75, 3.05) is 20.2 Å². The summed E-state index contributed by atoms with van der Waals surface area (Å²) in [5.74, 6) is 2.56. The Kier molecular flexibility index (Phi) is 4.74. The number of ether oxygens (including phenoxy) is 1. The number of aryl methyl sites for hydroxylation is 2. The lowest BCUT2D eigenvalue weighted by Crippen LogP contribution is -2.47. The highest BCUT2D eigenvalue weighted by Crippen LogP contribution is 2.36. The average Bonchev–Trinajstić information content (AvgIpc) is 3.15. The van der Waals surface area contributed by atoms with E-state index < -0.39 is 0 Å². The molecule has 1 fully saturated rings. The van der Waals surface area contributed by atoms with E-state index in [1.807, 2.05) is 28.4 Å². The summed E-state index contributed by atoms with van der Waals surface area (Å²) in [6.07, 6.45) is 4.78. The lowest BCUT2D eigenvalue weighted by Gasteiger charge is -2.43. The Morgan fingerprint density at radius 1 is 1.17 bits per heavy atom. The van der Waals surface area contributed by atoms with Gasteiger partial charge in [-0.15, -0.1) is 0 Å². The normalized spacial score (nSPS) is 20.8. The van der Waals surface area contributed by atoms with Gasteiger partial charge in [0.15, 0.2) is 0 Å². The molecule has 4 heterocycles. The fourth-order valence-corrected chi connectivity index (χ4v) is 5.24. The summed E-state index contributed by atoms with van der Waals surface area (Å²) in [5, 5.41) is 0. The largest absolute Gasteiger partial charge is 0.496 e. The molecule has 1 aromatic carbocycles. The van der Waals surface area contributed by atoms with Gasteiger partial charge < -0.3 is 13.9 Å². The minimum absolute atomic E-state index is 0.0882. The minimum atomic E-state index is 0.0882. The Labute approximate surface area is 176 Å². The SMILES string of the molecule is COc1ccc(C)cc1CN1C[C@@H]2C[C@H](C1)c1ccc(-c3nccn3C)c(=O)n1C2. The van der Waals surface area contributed by atoms with Crippen molar-refractivity contribution < 1.29 is 4.74 Å². The highest BCUT2D eigenvalue weighted by Gasteiger charge is 2.35. The van der Waals surface area contributed by atoms with Crippen LogP contribution in [0.2, 0.25) is 0 Å². The number of likely N-dealkylation sites (tertiary alicyclic amines) is 1. The molecule has 30 heavy (non-hydrogen) atoms. The van der Waals surface area contributed by atoms with E-state index in [1.54, 1.807) is 13.3 Å². The van der Waals surface area contributed by atoms with E-state index in [2.05, 4.69) is 41.1 Å². The number of imidazole rings is 1. The second-order valence-electron chi connectivity index (χ2n) is 8.76. The van der Waals surface area contributed by atoms with E-state index >= 15 is 0 Å². The van der Waals surface area contributed by atoms with Gasteiger partial charge in [-0.3, -0.25) is 9.69 Å². The van der Waals surface area contributed by atoms with Crippen LogP contribution in [0.25, 0.3) is 11.4 Å². The number of hydrogen-bond acceptors (Lipinski definition) is 4. The molecule has 0 saturated carbocycles. The van der Waals surface area contributed by atoms with Crippen molar-refractivity contribution >= 4 is 0 Å². The molecule has 2 aromatic heterocycles. The molecule has 1 saturated heterocycles. The lowest BCUT2D eigenvalue weighted by molar-refractivity contribution is 0.113.